The van der Waals surface area contributed by atoms with Crippen molar-refractivity contribution < 1.29 is 13.2 Å². The van der Waals surface area contributed by atoms with Crippen LogP contribution in [0.5, 0.6) is 0 Å². The molecule has 0 saturated carbocycles. The van der Waals surface area contributed by atoms with Gasteiger partial charge in [-0.15, -0.1) is 0 Å². The van der Waals surface area contributed by atoms with Crippen molar-refractivity contribution in [2.45, 2.75) is 43.8 Å². The number of morpholine rings is 1. The zero-order valence-corrected chi connectivity index (χ0v) is 13.4. The summed E-state index contributed by atoms with van der Waals surface area (Å²) in [5.41, 5.74) is 1.14. The van der Waals surface area contributed by atoms with Gasteiger partial charge in [0.05, 0.1) is 23.6 Å². The van der Waals surface area contributed by atoms with Crippen molar-refractivity contribution in [1.29, 1.82) is 0 Å². The summed E-state index contributed by atoms with van der Waals surface area (Å²) < 4.78 is 32.7. The van der Waals surface area contributed by atoms with Crippen LogP contribution in [0.4, 0.5) is 5.95 Å². The van der Waals surface area contributed by atoms with E-state index >= 15 is 0 Å². The number of hydrazine groups is 1. The number of hydrogen-bond acceptors (Lipinski definition) is 7. The predicted molar refractivity (Wildman–Crippen MR) is 77.8 cm³/mol. The monoisotopic (exact) mass is 315 g/mol. The van der Waals surface area contributed by atoms with E-state index in [-0.39, 0.29) is 23.9 Å². The summed E-state index contributed by atoms with van der Waals surface area (Å²) >= 11 is 0. The fraction of sp³-hybridized carbons (Fsp3) is 0.667. The summed E-state index contributed by atoms with van der Waals surface area (Å²) in [6.07, 6.45) is 2.49. The highest BCUT2D eigenvalue weighted by Gasteiger charge is 2.43. The number of hydrogen-bond donors (Lipinski definition) is 2. The van der Waals surface area contributed by atoms with Gasteiger partial charge in [0.1, 0.15) is 4.90 Å². The van der Waals surface area contributed by atoms with Gasteiger partial charge in [0, 0.05) is 13.1 Å². The fourth-order valence-corrected chi connectivity index (χ4v) is 4.19. The summed E-state index contributed by atoms with van der Waals surface area (Å²) in [5.74, 6) is 5.33. The Labute approximate surface area is 124 Å². The van der Waals surface area contributed by atoms with E-state index in [2.05, 4.69) is 15.4 Å². The van der Waals surface area contributed by atoms with Crippen molar-refractivity contribution in [2.75, 3.05) is 18.5 Å². The number of anilines is 1. The summed E-state index contributed by atoms with van der Waals surface area (Å²) in [6.45, 7) is 8.02. The van der Waals surface area contributed by atoms with Crippen molar-refractivity contribution in [3.8, 4) is 0 Å². The number of nitrogens with one attached hydrogen (secondary N) is 1. The number of nitrogens with two attached hydrogens (primary N) is 1. The molecule has 0 amide bonds. The van der Waals surface area contributed by atoms with E-state index in [0.717, 1.165) is 0 Å². The Kier molecular flexibility index (Phi) is 3.96. The minimum absolute atomic E-state index is 0.0370. The smallest absolute Gasteiger partial charge is 0.246 e. The van der Waals surface area contributed by atoms with E-state index in [1.807, 2.05) is 27.7 Å². The van der Waals surface area contributed by atoms with Crippen LogP contribution in [0.3, 0.4) is 0 Å². The van der Waals surface area contributed by atoms with Gasteiger partial charge >= 0.3 is 0 Å². The molecule has 1 aromatic rings. The van der Waals surface area contributed by atoms with E-state index in [4.69, 9.17) is 10.6 Å². The first-order valence-corrected chi connectivity index (χ1v) is 7.99. The highest BCUT2D eigenvalue weighted by molar-refractivity contribution is 7.89. The van der Waals surface area contributed by atoms with Crippen molar-refractivity contribution in [1.82, 2.24) is 14.3 Å². The lowest BCUT2D eigenvalue weighted by Crippen LogP contribution is -2.58. The van der Waals surface area contributed by atoms with Gasteiger partial charge in [0.2, 0.25) is 16.0 Å². The molecular formula is C12H21N5O3S. The lowest BCUT2D eigenvalue weighted by molar-refractivity contribution is -0.163. The molecule has 1 aromatic heterocycles. The minimum atomic E-state index is -3.67. The Balaban J connectivity index is 2.33. The molecule has 118 valence electrons. The molecule has 0 radical (unpaired) electrons. The Bertz CT molecular complexity index is 596. The van der Waals surface area contributed by atoms with Crippen LogP contribution >= 0.6 is 0 Å². The molecule has 0 aliphatic carbocycles. The van der Waals surface area contributed by atoms with Crippen LogP contribution in [0.1, 0.15) is 27.7 Å². The largest absolute Gasteiger partial charge is 0.367 e. The molecule has 0 unspecified atom stereocenters. The molecule has 9 heteroatoms. The summed E-state index contributed by atoms with van der Waals surface area (Å²) in [7, 11) is -3.67. The second-order valence-electron chi connectivity index (χ2n) is 6.28. The molecule has 8 nitrogen and oxygen atoms in total. The molecule has 0 atom stereocenters. The molecule has 21 heavy (non-hydrogen) atoms. The Morgan fingerprint density at radius 2 is 1.67 bits per heavy atom. The first-order valence-electron chi connectivity index (χ1n) is 6.55. The number of ether oxygens (including phenoxy) is 1. The molecule has 0 bridgehead atoms. The quantitative estimate of drug-likeness (QED) is 0.611. The maximum absolute atomic E-state index is 12.7. The molecule has 3 N–H and O–H groups in total. The van der Waals surface area contributed by atoms with Gasteiger partial charge < -0.3 is 4.74 Å². The summed E-state index contributed by atoms with van der Waals surface area (Å²) in [5, 5.41) is 0. The van der Waals surface area contributed by atoms with Crippen LogP contribution in [0, 0.1) is 0 Å². The van der Waals surface area contributed by atoms with Gasteiger partial charge in [-0.25, -0.2) is 24.2 Å². The summed E-state index contributed by atoms with van der Waals surface area (Å²) in [6, 6.07) is 0. The average molecular weight is 315 g/mol. The maximum Gasteiger partial charge on any atom is 0.246 e. The third kappa shape index (κ3) is 3.49. The Hall–Kier alpha value is -1.29. The second-order valence-corrected chi connectivity index (χ2v) is 8.22. The highest BCUT2D eigenvalue weighted by atomic mass is 32.2. The van der Waals surface area contributed by atoms with E-state index in [9.17, 15) is 8.42 Å². The molecule has 1 aliphatic rings. The zero-order chi connectivity index (χ0) is 15.9. The topological polar surface area (TPSA) is 110 Å². The van der Waals surface area contributed by atoms with Crippen LogP contribution < -0.4 is 11.3 Å². The van der Waals surface area contributed by atoms with Crippen molar-refractivity contribution in [3.63, 3.8) is 0 Å². The van der Waals surface area contributed by atoms with Crippen LogP contribution in [-0.4, -0.2) is 47.0 Å². The van der Waals surface area contributed by atoms with Gasteiger partial charge in [0.25, 0.3) is 0 Å². The number of rotatable bonds is 3. The lowest BCUT2D eigenvalue weighted by atomic mass is 10.0. The van der Waals surface area contributed by atoms with Gasteiger partial charge in [-0.1, -0.05) is 0 Å². The van der Waals surface area contributed by atoms with Crippen LogP contribution in [0.2, 0.25) is 0 Å². The van der Waals surface area contributed by atoms with Crippen LogP contribution in [0.25, 0.3) is 0 Å². The molecule has 1 saturated heterocycles. The molecule has 0 aromatic carbocycles. The SMILES string of the molecule is CC1(C)CN(S(=O)(=O)c2cnc(NN)nc2)CC(C)(C)O1. The van der Waals surface area contributed by atoms with Crippen molar-refractivity contribution >= 4 is 16.0 Å². The molecule has 1 aliphatic heterocycles. The molecule has 0 spiro atoms. The standard InChI is InChI=1S/C12H21N5O3S/c1-11(2)7-17(8-12(3,4)20-11)21(18,19)9-5-14-10(16-13)15-6-9/h5-6H,7-8,13H2,1-4H3,(H,14,15,16). The van der Waals surface area contributed by atoms with Gasteiger partial charge in [-0.3, -0.25) is 5.43 Å². The van der Waals surface area contributed by atoms with E-state index in [1.165, 1.54) is 16.7 Å². The van der Waals surface area contributed by atoms with Crippen LogP contribution in [-0.2, 0) is 14.8 Å². The van der Waals surface area contributed by atoms with Crippen molar-refractivity contribution in [3.05, 3.63) is 12.4 Å². The third-order valence-corrected chi connectivity index (χ3v) is 4.81. The number of sulfonamides is 1. The highest BCUT2D eigenvalue weighted by Crippen LogP contribution is 2.31. The molecular weight excluding hydrogens is 294 g/mol. The van der Waals surface area contributed by atoms with E-state index < -0.39 is 21.2 Å². The van der Waals surface area contributed by atoms with Gasteiger partial charge in [0.15, 0.2) is 0 Å². The number of aromatic nitrogens is 2. The first-order chi connectivity index (χ1) is 9.56. The van der Waals surface area contributed by atoms with Gasteiger partial charge in [-0.05, 0) is 27.7 Å². The second kappa shape index (κ2) is 5.16. The molecule has 2 heterocycles. The number of nitrogens with zero attached hydrogens (tertiary/aromatic N) is 3. The molecule has 2 rings (SSSR count). The fourth-order valence-electron chi connectivity index (χ4n) is 2.56. The third-order valence-electron chi connectivity index (χ3n) is 3.06. The van der Waals surface area contributed by atoms with Gasteiger partial charge in [-0.2, -0.15) is 4.31 Å². The minimum Gasteiger partial charge on any atom is -0.367 e. The zero-order valence-electron chi connectivity index (χ0n) is 12.6. The average Bonchev–Trinajstić information content (AvgIpc) is 2.35. The Morgan fingerprint density at radius 3 is 2.10 bits per heavy atom. The van der Waals surface area contributed by atoms with Crippen LogP contribution in [0.15, 0.2) is 17.3 Å². The van der Waals surface area contributed by atoms with Crippen molar-refractivity contribution in [2.24, 2.45) is 5.84 Å². The maximum atomic E-state index is 12.7. The Morgan fingerprint density at radius 1 is 1.19 bits per heavy atom. The summed E-state index contributed by atoms with van der Waals surface area (Å²) in [4.78, 5) is 7.73. The van der Waals surface area contributed by atoms with E-state index in [0.29, 0.717) is 0 Å². The molecule has 1 fully saturated rings. The first kappa shape index (κ1) is 16.1. The predicted octanol–water partition coefficient (Wildman–Crippen LogP) is 0.340. The number of nitrogen functional groups attached to an aromatic ring is 1. The normalized spacial score (nSPS) is 22.0. The lowest BCUT2D eigenvalue weighted by Gasteiger charge is -2.46. The van der Waals surface area contributed by atoms with E-state index in [1.54, 1.807) is 0 Å².